The van der Waals surface area contributed by atoms with E-state index < -0.39 is 5.97 Å². The number of carboxylic acids is 1. The van der Waals surface area contributed by atoms with E-state index in [2.05, 4.69) is 29.4 Å². The minimum atomic E-state index is -1.15. The summed E-state index contributed by atoms with van der Waals surface area (Å²) < 4.78 is 1.29. The van der Waals surface area contributed by atoms with Gasteiger partial charge in [0.25, 0.3) is 0 Å². The summed E-state index contributed by atoms with van der Waals surface area (Å²) in [5, 5.41) is 16.3. The first-order chi connectivity index (χ1) is 12.5. The van der Waals surface area contributed by atoms with Crippen LogP contribution in [0.3, 0.4) is 0 Å². The van der Waals surface area contributed by atoms with Gasteiger partial charge in [-0.15, -0.1) is 5.10 Å². The fourth-order valence-electron chi connectivity index (χ4n) is 3.04. The average molecular weight is 358 g/mol. The van der Waals surface area contributed by atoms with Crippen molar-refractivity contribution in [3.05, 3.63) is 47.8 Å². The number of nitrogens with zero attached hydrogens (tertiary/aromatic N) is 4. The van der Waals surface area contributed by atoms with Crippen LogP contribution in [0.1, 0.15) is 49.2 Å². The van der Waals surface area contributed by atoms with E-state index >= 15 is 0 Å². The highest BCUT2D eigenvalue weighted by molar-refractivity contribution is 5.84. The zero-order valence-electron chi connectivity index (χ0n) is 15.3. The number of carbonyl (C=O) groups excluding carboxylic acids is 1. The van der Waals surface area contributed by atoms with E-state index in [0.717, 1.165) is 25.7 Å². The van der Waals surface area contributed by atoms with Crippen LogP contribution in [0.5, 0.6) is 0 Å². The standard InChI is InChI=1S/C19H26N4O3/c1-3-8-16(12-15-9-6-5-7-10-15)23(11-4-2)18(24)14-22-13-17(19(25)26)20-21-22/h5-7,9-10,13,16H,3-4,8,11-12,14H2,1-2H3,(H,25,26). The Kier molecular flexibility index (Phi) is 7.32. The predicted octanol–water partition coefficient (Wildman–Crippen LogP) is 2.63. The number of carboxylic acid groups (broad SMARTS) is 1. The number of benzene rings is 1. The maximum absolute atomic E-state index is 12.9. The lowest BCUT2D eigenvalue weighted by molar-refractivity contribution is -0.134. The third-order valence-electron chi connectivity index (χ3n) is 4.22. The first kappa shape index (κ1) is 19.6. The smallest absolute Gasteiger partial charge is 0.358 e. The lowest BCUT2D eigenvalue weighted by Gasteiger charge is -2.32. The molecule has 1 aromatic heterocycles. The molecule has 1 aromatic carbocycles. The number of rotatable bonds is 10. The molecule has 0 saturated heterocycles. The Balaban J connectivity index is 2.13. The zero-order valence-corrected chi connectivity index (χ0v) is 15.3. The Hall–Kier alpha value is -2.70. The van der Waals surface area contributed by atoms with Gasteiger partial charge in [-0.05, 0) is 24.8 Å². The van der Waals surface area contributed by atoms with E-state index in [0.29, 0.717) is 6.54 Å². The summed E-state index contributed by atoms with van der Waals surface area (Å²) in [6, 6.07) is 10.3. The number of carbonyl (C=O) groups is 2. The second-order valence-corrected chi connectivity index (χ2v) is 6.33. The van der Waals surface area contributed by atoms with E-state index in [4.69, 9.17) is 5.11 Å². The summed E-state index contributed by atoms with van der Waals surface area (Å²) in [4.78, 5) is 25.7. The second kappa shape index (κ2) is 9.70. The van der Waals surface area contributed by atoms with Gasteiger partial charge in [-0.2, -0.15) is 0 Å². The quantitative estimate of drug-likeness (QED) is 0.705. The Morgan fingerprint density at radius 1 is 1.19 bits per heavy atom. The maximum atomic E-state index is 12.9. The first-order valence-electron chi connectivity index (χ1n) is 9.02. The van der Waals surface area contributed by atoms with Gasteiger partial charge in [-0.3, -0.25) is 4.79 Å². The molecule has 0 saturated carbocycles. The summed E-state index contributed by atoms with van der Waals surface area (Å²) >= 11 is 0. The summed E-state index contributed by atoms with van der Waals surface area (Å²) in [7, 11) is 0. The van der Waals surface area contributed by atoms with Gasteiger partial charge in [0.15, 0.2) is 5.69 Å². The highest BCUT2D eigenvalue weighted by Gasteiger charge is 2.23. The Labute approximate surface area is 153 Å². The molecule has 1 heterocycles. The van der Waals surface area contributed by atoms with Gasteiger partial charge >= 0.3 is 5.97 Å². The van der Waals surface area contributed by atoms with E-state index in [-0.39, 0.29) is 24.2 Å². The molecule has 1 N–H and O–H groups in total. The van der Waals surface area contributed by atoms with Crippen molar-refractivity contribution in [1.29, 1.82) is 0 Å². The molecular weight excluding hydrogens is 332 g/mol. The van der Waals surface area contributed by atoms with Crippen molar-refractivity contribution >= 4 is 11.9 Å². The van der Waals surface area contributed by atoms with Crippen molar-refractivity contribution in [3.63, 3.8) is 0 Å². The fourth-order valence-corrected chi connectivity index (χ4v) is 3.04. The van der Waals surface area contributed by atoms with Crippen LogP contribution in [-0.2, 0) is 17.8 Å². The van der Waals surface area contributed by atoms with Crippen LogP contribution in [0.15, 0.2) is 36.5 Å². The van der Waals surface area contributed by atoms with Crippen LogP contribution < -0.4 is 0 Å². The molecule has 1 amide bonds. The molecule has 0 bridgehead atoms. The monoisotopic (exact) mass is 358 g/mol. The van der Waals surface area contributed by atoms with E-state index in [1.165, 1.54) is 16.4 Å². The number of hydrogen-bond donors (Lipinski definition) is 1. The van der Waals surface area contributed by atoms with Gasteiger partial charge < -0.3 is 10.0 Å². The third-order valence-corrected chi connectivity index (χ3v) is 4.22. The highest BCUT2D eigenvalue weighted by atomic mass is 16.4. The van der Waals surface area contributed by atoms with Gasteiger partial charge in [0.1, 0.15) is 6.54 Å². The number of amides is 1. The Morgan fingerprint density at radius 3 is 2.50 bits per heavy atom. The van der Waals surface area contributed by atoms with E-state index in [1.54, 1.807) is 0 Å². The first-order valence-corrected chi connectivity index (χ1v) is 9.02. The molecule has 1 unspecified atom stereocenters. The molecule has 0 fully saturated rings. The van der Waals surface area contributed by atoms with Crippen molar-refractivity contribution in [3.8, 4) is 0 Å². The van der Waals surface area contributed by atoms with Crippen molar-refractivity contribution in [1.82, 2.24) is 19.9 Å². The van der Waals surface area contributed by atoms with Crippen molar-refractivity contribution < 1.29 is 14.7 Å². The van der Waals surface area contributed by atoms with Gasteiger partial charge in [-0.25, -0.2) is 9.48 Å². The summed E-state index contributed by atoms with van der Waals surface area (Å²) in [5.41, 5.74) is 1.04. The number of hydrogen-bond acceptors (Lipinski definition) is 4. The van der Waals surface area contributed by atoms with Crippen LogP contribution in [0.4, 0.5) is 0 Å². The molecule has 0 spiro atoms. The second-order valence-electron chi connectivity index (χ2n) is 6.33. The topological polar surface area (TPSA) is 88.3 Å². The summed E-state index contributed by atoms with van der Waals surface area (Å²) in [5.74, 6) is -1.22. The predicted molar refractivity (Wildman–Crippen MR) is 97.8 cm³/mol. The Morgan fingerprint density at radius 2 is 1.92 bits per heavy atom. The van der Waals surface area contributed by atoms with Crippen LogP contribution in [0.2, 0.25) is 0 Å². The molecule has 7 nitrogen and oxygen atoms in total. The van der Waals surface area contributed by atoms with Crippen LogP contribution in [-0.4, -0.2) is 49.5 Å². The van der Waals surface area contributed by atoms with E-state index in [9.17, 15) is 9.59 Å². The van der Waals surface area contributed by atoms with Crippen molar-refractivity contribution in [2.75, 3.05) is 6.54 Å². The molecular formula is C19H26N4O3. The number of aromatic carboxylic acids is 1. The molecule has 0 radical (unpaired) electrons. The maximum Gasteiger partial charge on any atom is 0.358 e. The zero-order chi connectivity index (χ0) is 18.9. The molecule has 2 rings (SSSR count). The molecule has 7 heteroatoms. The van der Waals surface area contributed by atoms with Crippen LogP contribution in [0, 0.1) is 0 Å². The Bertz CT molecular complexity index is 715. The average Bonchev–Trinajstić information content (AvgIpc) is 3.09. The highest BCUT2D eigenvalue weighted by Crippen LogP contribution is 2.16. The SMILES string of the molecule is CCCC(Cc1ccccc1)N(CCC)C(=O)Cn1cc(C(=O)O)nn1. The number of aromatic nitrogens is 3. The molecule has 0 aliphatic rings. The van der Waals surface area contributed by atoms with Gasteiger partial charge in [0.2, 0.25) is 5.91 Å². The fraction of sp³-hybridized carbons (Fsp3) is 0.474. The van der Waals surface area contributed by atoms with Crippen molar-refractivity contribution in [2.45, 2.75) is 52.1 Å². The normalized spacial score (nSPS) is 11.9. The van der Waals surface area contributed by atoms with Crippen molar-refractivity contribution in [2.24, 2.45) is 0 Å². The largest absolute Gasteiger partial charge is 0.476 e. The minimum Gasteiger partial charge on any atom is -0.476 e. The van der Waals surface area contributed by atoms with Crippen LogP contribution >= 0.6 is 0 Å². The summed E-state index contributed by atoms with van der Waals surface area (Å²) in [6.45, 7) is 4.82. The molecule has 1 atom stereocenters. The molecule has 0 aliphatic carbocycles. The molecule has 26 heavy (non-hydrogen) atoms. The minimum absolute atomic E-state index is 0.00468. The lowest BCUT2D eigenvalue weighted by atomic mass is 10.00. The van der Waals surface area contributed by atoms with Gasteiger partial charge in [0.05, 0.1) is 6.20 Å². The summed E-state index contributed by atoms with van der Waals surface area (Å²) in [6.07, 6.45) is 4.85. The van der Waals surface area contributed by atoms with E-state index in [1.807, 2.05) is 30.0 Å². The lowest BCUT2D eigenvalue weighted by Crippen LogP contribution is -2.43. The third kappa shape index (κ3) is 5.40. The molecule has 2 aromatic rings. The van der Waals surface area contributed by atoms with Crippen LogP contribution in [0.25, 0.3) is 0 Å². The van der Waals surface area contributed by atoms with Gasteiger partial charge in [-0.1, -0.05) is 55.8 Å². The molecule has 0 aliphatic heterocycles. The molecule has 140 valence electrons. The van der Waals surface area contributed by atoms with Gasteiger partial charge in [0, 0.05) is 12.6 Å².